The van der Waals surface area contributed by atoms with E-state index in [-0.39, 0.29) is 13.2 Å². The van der Waals surface area contributed by atoms with Gasteiger partial charge in [0.25, 0.3) is 5.56 Å². The van der Waals surface area contributed by atoms with Crippen molar-refractivity contribution < 1.29 is 9.53 Å². The third-order valence-corrected chi connectivity index (χ3v) is 3.21. The van der Waals surface area contributed by atoms with Crippen LogP contribution in [0.3, 0.4) is 0 Å². The van der Waals surface area contributed by atoms with E-state index in [4.69, 9.17) is 4.74 Å². The maximum absolute atomic E-state index is 12.2. The van der Waals surface area contributed by atoms with Crippen LogP contribution in [-0.4, -0.2) is 22.1 Å². The molecule has 0 atom stereocenters. The SMILES string of the molecule is CCOC(=O)Cn1c(=O)[nH]c2ccc(I)cc2c1=O. The largest absolute Gasteiger partial charge is 0.465 e. The summed E-state index contributed by atoms with van der Waals surface area (Å²) in [6.07, 6.45) is 0. The van der Waals surface area contributed by atoms with E-state index in [0.29, 0.717) is 10.9 Å². The maximum Gasteiger partial charge on any atom is 0.329 e. The Morgan fingerprint density at radius 2 is 2.16 bits per heavy atom. The molecule has 7 heteroatoms. The fourth-order valence-corrected chi connectivity index (χ4v) is 2.19. The van der Waals surface area contributed by atoms with Crippen molar-refractivity contribution in [2.45, 2.75) is 13.5 Å². The van der Waals surface area contributed by atoms with Gasteiger partial charge in [-0.15, -0.1) is 0 Å². The number of H-pyrrole nitrogens is 1. The molecule has 0 saturated heterocycles. The lowest BCUT2D eigenvalue weighted by Gasteiger charge is -2.06. The molecule has 0 aliphatic rings. The van der Waals surface area contributed by atoms with Crippen LogP contribution in [0.25, 0.3) is 10.9 Å². The molecule has 0 unspecified atom stereocenters. The molecule has 0 aliphatic heterocycles. The fourth-order valence-electron chi connectivity index (χ4n) is 1.70. The average Bonchev–Trinajstić information content (AvgIpc) is 2.36. The highest BCUT2D eigenvalue weighted by Gasteiger charge is 2.11. The van der Waals surface area contributed by atoms with E-state index >= 15 is 0 Å². The topological polar surface area (TPSA) is 81.2 Å². The summed E-state index contributed by atoms with van der Waals surface area (Å²) in [7, 11) is 0. The summed E-state index contributed by atoms with van der Waals surface area (Å²) in [6.45, 7) is 1.48. The van der Waals surface area contributed by atoms with Crippen LogP contribution in [0.4, 0.5) is 0 Å². The van der Waals surface area contributed by atoms with Crippen molar-refractivity contribution in [2.75, 3.05) is 6.61 Å². The first kappa shape index (κ1) is 13.8. The van der Waals surface area contributed by atoms with E-state index in [1.54, 1.807) is 25.1 Å². The van der Waals surface area contributed by atoms with E-state index in [1.807, 2.05) is 0 Å². The van der Waals surface area contributed by atoms with E-state index in [2.05, 4.69) is 27.6 Å². The Bertz CT molecular complexity index is 747. The van der Waals surface area contributed by atoms with Gasteiger partial charge in [0.1, 0.15) is 6.54 Å². The second-order valence-corrected chi connectivity index (χ2v) is 5.06. The predicted molar refractivity (Wildman–Crippen MR) is 78.2 cm³/mol. The fraction of sp³-hybridized carbons (Fsp3) is 0.250. The Kier molecular flexibility index (Phi) is 4.03. The van der Waals surface area contributed by atoms with E-state index in [1.165, 1.54) is 0 Å². The van der Waals surface area contributed by atoms with Crippen molar-refractivity contribution in [3.05, 3.63) is 42.6 Å². The number of rotatable bonds is 3. The first-order chi connectivity index (χ1) is 9.02. The summed E-state index contributed by atoms with van der Waals surface area (Å²) in [4.78, 5) is 37.9. The molecular formula is C12H11IN2O4. The Balaban J connectivity index is 2.59. The van der Waals surface area contributed by atoms with Gasteiger partial charge < -0.3 is 9.72 Å². The molecule has 2 rings (SSSR count). The average molecular weight is 374 g/mol. The zero-order chi connectivity index (χ0) is 14.0. The van der Waals surface area contributed by atoms with Crippen LogP contribution >= 0.6 is 22.6 Å². The van der Waals surface area contributed by atoms with Crippen molar-refractivity contribution in [1.29, 1.82) is 0 Å². The smallest absolute Gasteiger partial charge is 0.329 e. The molecule has 0 fully saturated rings. The lowest BCUT2D eigenvalue weighted by atomic mass is 10.2. The minimum atomic E-state index is -0.619. The van der Waals surface area contributed by atoms with Gasteiger partial charge in [0, 0.05) is 3.57 Å². The number of hydrogen-bond donors (Lipinski definition) is 1. The first-order valence-electron chi connectivity index (χ1n) is 5.61. The quantitative estimate of drug-likeness (QED) is 0.638. The number of carbonyl (C=O) groups is 1. The monoisotopic (exact) mass is 374 g/mol. The zero-order valence-corrected chi connectivity index (χ0v) is 12.3. The maximum atomic E-state index is 12.2. The van der Waals surface area contributed by atoms with Crippen molar-refractivity contribution in [2.24, 2.45) is 0 Å². The summed E-state index contributed by atoms with van der Waals surface area (Å²) >= 11 is 2.07. The predicted octanol–water partition coefficient (Wildman–Crippen LogP) is 0.857. The number of aromatic amines is 1. The number of halogens is 1. The summed E-state index contributed by atoms with van der Waals surface area (Å²) in [5, 5.41) is 0.371. The minimum Gasteiger partial charge on any atom is -0.465 e. The molecule has 19 heavy (non-hydrogen) atoms. The van der Waals surface area contributed by atoms with Crippen LogP contribution in [0.15, 0.2) is 27.8 Å². The van der Waals surface area contributed by atoms with Gasteiger partial charge in [-0.25, -0.2) is 9.36 Å². The summed E-state index contributed by atoms with van der Waals surface area (Å²) < 4.78 is 6.45. The molecule has 6 nitrogen and oxygen atoms in total. The molecule has 2 aromatic rings. The molecule has 0 aliphatic carbocycles. The van der Waals surface area contributed by atoms with Crippen molar-refractivity contribution in [3.63, 3.8) is 0 Å². The summed E-state index contributed by atoms with van der Waals surface area (Å²) in [5.41, 5.74) is -0.660. The molecule has 0 bridgehead atoms. The highest BCUT2D eigenvalue weighted by Crippen LogP contribution is 2.10. The number of benzene rings is 1. The Labute approximate surface area is 121 Å². The number of hydrogen-bond acceptors (Lipinski definition) is 4. The zero-order valence-electron chi connectivity index (χ0n) is 10.1. The van der Waals surface area contributed by atoms with Gasteiger partial charge in [-0.2, -0.15) is 0 Å². The Morgan fingerprint density at radius 3 is 2.84 bits per heavy atom. The van der Waals surface area contributed by atoms with Crippen LogP contribution in [0, 0.1) is 3.57 Å². The molecule has 1 aromatic heterocycles. The number of nitrogens with one attached hydrogen (secondary N) is 1. The van der Waals surface area contributed by atoms with Crippen LogP contribution in [-0.2, 0) is 16.1 Å². The van der Waals surface area contributed by atoms with Crippen LogP contribution in [0.2, 0.25) is 0 Å². The Hall–Kier alpha value is -1.64. The van der Waals surface area contributed by atoms with E-state index in [9.17, 15) is 14.4 Å². The normalized spacial score (nSPS) is 10.6. The van der Waals surface area contributed by atoms with Crippen LogP contribution in [0.1, 0.15) is 6.92 Å². The molecule has 1 heterocycles. The van der Waals surface area contributed by atoms with Gasteiger partial charge >= 0.3 is 11.7 Å². The third kappa shape index (κ3) is 2.86. The number of nitrogens with zero attached hydrogens (tertiary/aromatic N) is 1. The molecule has 1 aromatic carbocycles. The number of carbonyl (C=O) groups excluding carboxylic acids is 1. The number of fused-ring (bicyclic) bond motifs is 1. The van der Waals surface area contributed by atoms with E-state index in [0.717, 1.165) is 8.14 Å². The van der Waals surface area contributed by atoms with Gasteiger partial charge in [-0.1, -0.05) is 0 Å². The van der Waals surface area contributed by atoms with Crippen molar-refractivity contribution in [1.82, 2.24) is 9.55 Å². The van der Waals surface area contributed by atoms with Gasteiger partial charge in [0.15, 0.2) is 0 Å². The molecular weight excluding hydrogens is 363 g/mol. The van der Waals surface area contributed by atoms with Gasteiger partial charge in [-0.3, -0.25) is 9.59 Å². The van der Waals surface area contributed by atoms with Crippen molar-refractivity contribution >= 4 is 39.5 Å². The van der Waals surface area contributed by atoms with Crippen molar-refractivity contribution in [3.8, 4) is 0 Å². The first-order valence-corrected chi connectivity index (χ1v) is 6.69. The lowest BCUT2D eigenvalue weighted by Crippen LogP contribution is -2.37. The van der Waals surface area contributed by atoms with E-state index < -0.39 is 17.2 Å². The molecule has 0 amide bonds. The molecule has 1 N–H and O–H groups in total. The molecule has 100 valence electrons. The van der Waals surface area contributed by atoms with Crippen LogP contribution < -0.4 is 11.2 Å². The molecule has 0 spiro atoms. The standard InChI is InChI=1S/C12H11IN2O4/c1-2-19-10(16)6-15-11(17)8-5-7(13)3-4-9(8)14-12(15)18/h3-5H,2,6H2,1H3,(H,14,18). The second kappa shape index (κ2) is 5.55. The van der Waals surface area contributed by atoms with Gasteiger partial charge in [-0.05, 0) is 47.7 Å². The number of aromatic nitrogens is 2. The summed E-state index contributed by atoms with van der Waals surface area (Å²) in [5.74, 6) is -0.611. The number of esters is 1. The third-order valence-electron chi connectivity index (χ3n) is 2.54. The molecule has 0 saturated carbocycles. The highest BCUT2D eigenvalue weighted by atomic mass is 127. The lowest BCUT2D eigenvalue weighted by molar-refractivity contribution is -0.143. The van der Waals surface area contributed by atoms with Gasteiger partial charge in [0.05, 0.1) is 17.5 Å². The van der Waals surface area contributed by atoms with Gasteiger partial charge in [0.2, 0.25) is 0 Å². The Morgan fingerprint density at radius 1 is 1.42 bits per heavy atom. The van der Waals surface area contributed by atoms with Crippen LogP contribution in [0.5, 0.6) is 0 Å². The molecule has 0 radical (unpaired) electrons. The summed E-state index contributed by atoms with van der Waals surface area (Å²) in [6, 6.07) is 5.11. The highest BCUT2D eigenvalue weighted by molar-refractivity contribution is 14.1. The number of ether oxygens (including phenoxy) is 1. The second-order valence-electron chi connectivity index (χ2n) is 3.82. The minimum absolute atomic E-state index is 0.205.